The number of hydrogen-bond donors (Lipinski definition) is 2. The Kier molecular flexibility index (Phi) is 3.26. The van der Waals surface area contributed by atoms with E-state index in [1.165, 1.54) is 18.2 Å². The minimum atomic E-state index is -3.72. The van der Waals surface area contributed by atoms with Gasteiger partial charge in [-0.15, -0.1) is 0 Å². The van der Waals surface area contributed by atoms with Gasteiger partial charge < -0.3 is 10.1 Å². The van der Waals surface area contributed by atoms with E-state index in [9.17, 15) is 13.2 Å². The van der Waals surface area contributed by atoms with Crippen molar-refractivity contribution in [1.82, 2.24) is 0 Å². The summed E-state index contributed by atoms with van der Waals surface area (Å²) in [4.78, 5) is 11.3. The topological polar surface area (TPSA) is 84.5 Å². The molecule has 3 rings (SSSR count). The molecule has 0 spiro atoms. The largest absolute Gasteiger partial charge is 0.482 e. The van der Waals surface area contributed by atoms with E-state index in [4.69, 9.17) is 4.74 Å². The predicted molar refractivity (Wildman–Crippen MR) is 77.8 cm³/mol. The molecule has 7 heteroatoms. The van der Waals surface area contributed by atoms with Gasteiger partial charge in [0.1, 0.15) is 5.75 Å². The van der Waals surface area contributed by atoms with E-state index in [0.717, 1.165) is 0 Å². The summed E-state index contributed by atoms with van der Waals surface area (Å²) in [5.41, 5.74) is 0.817. The molecule has 0 aliphatic carbocycles. The first kappa shape index (κ1) is 13.4. The monoisotopic (exact) mass is 304 g/mol. The van der Waals surface area contributed by atoms with E-state index in [-0.39, 0.29) is 17.4 Å². The number of amides is 1. The van der Waals surface area contributed by atoms with Crippen molar-refractivity contribution < 1.29 is 17.9 Å². The van der Waals surface area contributed by atoms with Gasteiger partial charge in [0.15, 0.2) is 6.61 Å². The third-order valence-corrected chi connectivity index (χ3v) is 4.30. The Balaban J connectivity index is 1.93. The van der Waals surface area contributed by atoms with E-state index in [2.05, 4.69) is 10.0 Å². The lowest BCUT2D eigenvalue weighted by Crippen LogP contribution is -2.25. The molecule has 0 fully saturated rings. The molecule has 1 aliphatic rings. The Morgan fingerprint density at radius 2 is 1.86 bits per heavy atom. The molecule has 0 bridgehead atoms. The highest BCUT2D eigenvalue weighted by atomic mass is 32.2. The molecule has 0 atom stereocenters. The van der Waals surface area contributed by atoms with Crippen LogP contribution in [0.2, 0.25) is 0 Å². The lowest BCUT2D eigenvalue weighted by molar-refractivity contribution is -0.118. The van der Waals surface area contributed by atoms with E-state index >= 15 is 0 Å². The van der Waals surface area contributed by atoms with Crippen molar-refractivity contribution in [2.24, 2.45) is 0 Å². The molecule has 2 N–H and O–H groups in total. The summed E-state index contributed by atoms with van der Waals surface area (Å²) in [7, 11) is -3.72. The number of carbonyl (C=O) groups is 1. The van der Waals surface area contributed by atoms with Crippen LogP contribution in [0.3, 0.4) is 0 Å². The Morgan fingerprint density at radius 1 is 1.10 bits per heavy atom. The van der Waals surface area contributed by atoms with Crippen molar-refractivity contribution in [3.63, 3.8) is 0 Å². The molecular weight excluding hydrogens is 292 g/mol. The van der Waals surface area contributed by atoms with Gasteiger partial charge in [0, 0.05) is 5.69 Å². The van der Waals surface area contributed by atoms with Gasteiger partial charge >= 0.3 is 0 Å². The highest BCUT2D eigenvalue weighted by Crippen LogP contribution is 2.30. The minimum absolute atomic E-state index is 0.0518. The molecule has 6 nitrogen and oxygen atoms in total. The van der Waals surface area contributed by atoms with E-state index in [1.807, 2.05) is 0 Å². The highest BCUT2D eigenvalue weighted by molar-refractivity contribution is 7.92. The van der Waals surface area contributed by atoms with Crippen LogP contribution < -0.4 is 14.8 Å². The summed E-state index contributed by atoms with van der Waals surface area (Å²) in [6.45, 7) is -0.0681. The number of rotatable bonds is 3. The Labute approximate surface area is 121 Å². The van der Waals surface area contributed by atoms with Crippen LogP contribution in [0.5, 0.6) is 5.75 Å². The van der Waals surface area contributed by atoms with Crippen LogP contribution >= 0.6 is 0 Å². The van der Waals surface area contributed by atoms with Crippen LogP contribution in [0.15, 0.2) is 53.4 Å². The number of para-hydroxylation sites is 1. The van der Waals surface area contributed by atoms with E-state index in [0.29, 0.717) is 17.1 Å². The number of carbonyl (C=O) groups excluding carboxylic acids is 1. The van der Waals surface area contributed by atoms with Crippen molar-refractivity contribution >= 4 is 27.3 Å². The molecule has 0 unspecified atom stereocenters. The minimum Gasteiger partial charge on any atom is -0.482 e. The van der Waals surface area contributed by atoms with Gasteiger partial charge in [-0.3, -0.25) is 9.52 Å². The van der Waals surface area contributed by atoms with Crippen LogP contribution in [-0.2, 0) is 14.8 Å². The molecule has 108 valence electrons. The summed E-state index contributed by atoms with van der Waals surface area (Å²) >= 11 is 0. The first-order valence-corrected chi connectivity index (χ1v) is 7.67. The lowest BCUT2D eigenvalue weighted by Gasteiger charge is -2.18. The molecule has 21 heavy (non-hydrogen) atoms. The number of ether oxygens (including phenoxy) is 1. The molecule has 2 aromatic rings. The van der Waals surface area contributed by atoms with Gasteiger partial charge in [-0.2, -0.15) is 0 Å². The first-order valence-electron chi connectivity index (χ1n) is 6.19. The maximum absolute atomic E-state index is 12.3. The van der Waals surface area contributed by atoms with E-state index < -0.39 is 10.0 Å². The molecule has 1 heterocycles. The van der Waals surface area contributed by atoms with Gasteiger partial charge in [0.2, 0.25) is 0 Å². The quantitative estimate of drug-likeness (QED) is 0.906. The van der Waals surface area contributed by atoms with Crippen molar-refractivity contribution in [2.75, 3.05) is 16.6 Å². The second-order valence-electron chi connectivity index (χ2n) is 4.47. The standard InChI is InChI=1S/C14H12N2O4S/c17-14-9-20-13-7-6-11(8-12(13)15-14)21(18,19)16-10-4-2-1-3-5-10/h1-8,16H,9H2,(H,15,17). The van der Waals surface area contributed by atoms with Gasteiger partial charge in [0.05, 0.1) is 10.6 Å². The van der Waals surface area contributed by atoms with Crippen LogP contribution in [0, 0.1) is 0 Å². The lowest BCUT2D eigenvalue weighted by atomic mass is 10.2. The summed E-state index contributed by atoms with van der Waals surface area (Å²) in [6, 6.07) is 12.9. The fraction of sp³-hybridized carbons (Fsp3) is 0.0714. The fourth-order valence-electron chi connectivity index (χ4n) is 1.95. The van der Waals surface area contributed by atoms with Crippen LogP contribution in [0.4, 0.5) is 11.4 Å². The maximum atomic E-state index is 12.3. The molecular formula is C14H12N2O4S. The van der Waals surface area contributed by atoms with Crippen molar-refractivity contribution in [2.45, 2.75) is 4.90 Å². The number of nitrogens with one attached hydrogen (secondary N) is 2. The average Bonchev–Trinajstić information content (AvgIpc) is 2.47. The van der Waals surface area contributed by atoms with Crippen LogP contribution in [0.25, 0.3) is 0 Å². The van der Waals surface area contributed by atoms with Crippen molar-refractivity contribution in [1.29, 1.82) is 0 Å². The maximum Gasteiger partial charge on any atom is 0.262 e. The number of hydrogen-bond acceptors (Lipinski definition) is 4. The number of fused-ring (bicyclic) bond motifs is 1. The zero-order valence-corrected chi connectivity index (χ0v) is 11.7. The van der Waals surface area contributed by atoms with Crippen LogP contribution in [0.1, 0.15) is 0 Å². The average molecular weight is 304 g/mol. The normalized spacial score (nSPS) is 13.8. The van der Waals surface area contributed by atoms with Crippen molar-refractivity contribution in [3.05, 3.63) is 48.5 Å². The molecule has 2 aromatic carbocycles. The molecule has 0 aromatic heterocycles. The number of benzene rings is 2. The van der Waals surface area contributed by atoms with Crippen molar-refractivity contribution in [3.8, 4) is 5.75 Å². The molecule has 1 aliphatic heterocycles. The smallest absolute Gasteiger partial charge is 0.262 e. The Morgan fingerprint density at radius 3 is 2.62 bits per heavy atom. The first-order chi connectivity index (χ1) is 10.0. The second kappa shape index (κ2) is 5.10. The third-order valence-electron chi connectivity index (χ3n) is 2.92. The Hall–Kier alpha value is -2.54. The summed E-state index contributed by atoms with van der Waals surface area (Å²) < 4.78 is 32.3. The Bertz CT molecular complexity index is 788. The SMILES string of the molecule is O=C1COc2ccc(S(=O)(=O)Nc3ccccc3)cc2N1. The second-order valence-corrected chi connectivity index (χ2v) is 6.15. The molecule has 0 saturated heterocycles. The molecule has 0 saturated carbocycles. The number of anilines is 2. The highest BCUT2D eigenvalue weighted by Gasteiger charge is 2.20. The van der Waals surface area contributed by atoms with E-state index in [1.54, 1.807) is 30.3 Å². The zero-order valence-electron chi connectivity index (χ0n) is 10.9. The van der Waals surface area contributed by atoms with Gasteiger partial charge in [-0.1, -0.05) is 18.2 Å². The predicted octanol–water partition coefficient (Wildman–Crippen LogP) is 1.82. The molecule has 1 amide bonds. The summed E-state index contributed by atoms with van der Waals surface area (Å²) in [5, 5.41) is 2.58. The summed E-state index contributed by atoms with van der Waals surface area (Å²) in [6.07, 6.45) is 0. The van der Waals surface area contributed by atoms with Gasteiger partial charge in [-0.25, -0.2) is 8.42 Å². The summed E-state index contributed by atoms with van der Waals surface area (Å²) in [5.74, 6) is 0.140. The zero-order chi connectivity index (χ0) is 14.9. The number of sulfonamides is 1. The molecule has 0 radical (unpaired) electrons. The fourth-order valence-corrected chi connectivity index (χ4v) is 3.03. The third kappa shape index (κ3) is 2.82. The van der Waals surface area contributed by atoms with Gasteiger partial charge in [-0.05, 0) is 30.3 Å². The van der Waals surface area contributed by atoms with Crippen LogP contribution in [-0.4, -0.2) is 20.9 Å². The van der Waals surface area contributed by atoms with Gasteiger partial charge in [0.25, 0.3) is 15.9 Å².